The summed E-state index contributed by atoms with van der Waals surface area (Å²) in [6.07, 6.45) is 0. The predicted octanol–water partition coefficient (Wildman–Crippen LogP) is 1.79. The molecule has 2 rings (SSSR count). The van der Waals surface area contributed by atoms with Gasteiger partial charge in [-0.2, -0.15) is 0 Å². The van der Waals surface area contributed by atoms with E-state index in [4.69, 9.17) is 5.84 Å². The normalized spacial score (nSPS) is 10.3. The lowest BCUT2D eigenvalue weighted by Gasteiger charge is -2.10. The molecule has 2 aromatic carbocycles. The second-order valence-electron chi connectivity index (χ2n) is 3.48. The van der Waals surface area contributed by atoms with E-state index >= 15 is 0 Å². The maximum atomic E-state index is 11.6. The Morgan fingerprint density at radius 1 is 1.13 bits per heavy atom. The molecule has 0 bridgehead atoms. The van der Waals surface area contributed by atoms with E-state index in [9.17, 15) is 4.79 Å². The molecular weight excluding hydrogens is 188 g/mol. The van der Waals surface area contributed by atoms with Crippen LogP contribution < -0.4 is 5.84 Å². The highest BCUT2D eigenvalue weighted by molar-refractivity contribution is 5.98. The van der Waals surface area contributed by atoms with Crippen molar-refractivity contribution >= 4 is 16.7 Å². The fourth-order valence-corrected chi connectivity index (χ4v) is 1.53. The van der Waals surface area contributed by atoms with Gasteiger partial charge in [-0.05, 0) is 22.9 Å². The Hall–Kier alpha value is -1.87. The number of carbonyl (C=O) groups is 1. The van der Waals surface area contributed by atoms with Crippen molar-refractivity contribution in [2.45, 2.75) is 0 Å². The highest BCUT2D eigenvalue weighted by Crippen LogP contribution is 2.15. The molecule has 0 unspecified atom stereocenters. The van der Waals surface area contributed by atoms with E-state index in [1.807, 2.05) is 36.4 Å². The molecule has 0 radical (unpaired) electrons. The Morgan fingerprint density at radius 2 is 1.80 bits per heavy atom. The van der Waals surface area contributed by atoms with Crippen LogP contribution in [0.3, 0.4) is 0 Å². The molecule has 3 nitrogen and oxygen atoms in total. The van der Waals surface area contributed by atoms with Gasteiger partial charge in [0, 0.05) is 12.6 Å². The van der Waals surface area contributed by atoms with Gasteiger partial charge >= 0.3 is 0 Å². The average Bonchev–Trinajstić information content (AvgIpc) is 2.27. The summed E-state index contributed by atoms with van der Waals surface area (Å²) in [6, 6.07) is 13.5. The quantitative estimate of drug-likeness (QED) is 0.433. The Bertz CT molecular complexity index is 506. The minimum atomic E-state index is -0.180. The van der Waals surface area contributed by atoms with Crippen molar-refractivity contribution in [2.24, 2.45) is 5.84 Å². The molecule has 2 N–H and O–H groups in total. The van der Waals surface area contributed by atoms with Crippen LogP contribution in [0.25, 0.3) is 10.8 Å². The largest absolute Gasteiger partial charge is 0.280 e. The number of nitrogens with zero attached hydrogens (tertiary/aromatic N) is 1. The number of carbonyl (C=O) groups excluding carboxylic acids is 1. The van der Waals surface area contributed by atoms with Crippen LogP contribution in [0.5, 0.6) is 0 Å². The van der Waals surface area contributed by atoms with E-state index in [1.54, 1.807) is 6.07 Å². The highest BCUT2D eigenvalue weighted by Gasteiger charge is 2.08. The van der Waals surface area contributed by atoms with Crippen molar-refractivity contribution in [2.75, 3.05) is 7.05 Å². The van der Waals surface area contributed by atoms with Gasteiger partial charge in [0.25, 0.3) is 5.91 Å². The molecule has 0 aliphatic heterocycles. The van der Waals surface area contributed by atoms with E-state index in [-0.39, 0.29) is 5.91 Å². The number of hydrogen-bond donors (Lipinski definition) is 1. The molecule has 0 fully saturated rings. The van der Waals surface area contributed by atoms with Crippen molar-refractivity contribution in [3.8, 4) is 0 Å². The molecule has 0 atom stereocenters. The summed E-state index contributed by atoms with van der Waals surface area (Å²) in [6.45, 7) is 0. The molecular formula is C12H12N2O. The molecule has 15 heavy (non-hydrogen) atoms. The van der Waals surface area contributed by atoms with Crippen molar-refractivity contribution in [1.82, 2.24) is 5.01 Å². The van der Waals surface area contributed by atoms with E-state index in [0.29, 0.717) is 5.56 Å². The van der Waals surface area contributed by atoms with Gasteiger partial charge < -0.3 is 0 Å². The molecule has 0 spiro atoms. The van der Waals surface area contributed by atoms with Gasteiger partial charge in [0.2, 0.25) is 0 Å². The second-order valence-corrected chi connectivity index (χ2v) is 3.48. The van der Waals surface area contributed by atoms with Crippen LogP contribution >= 0.6 is 0 Å². The molecule has 0 aliphatic carbocycles. The van der Waals surface area contributed by atoms with Gasteiger partial charge in [-0.3, -0.25) is 9.80 Å². The van der Waals surface area contributed by atoms with Gasteiger partial charge in [0.05, 0.1) is 0 Å². The van der Waals surface area contributed by atoms with Gasteiger partial charge in [0.15, 0.2) is 0 Å². The predicted molar refractivity (Wildman–Crippen MR) is 60.2 cm³/mol. The maximum absolute atomic E-state index is 11.6. The standard InChI is InChI=1S/C12H12N2O/c1-14(13)12(15)11-7-6-9-4-2-3-5-10(9)8-11/h2-8H,13H2,1H3. The SMILES string of the molecule is CN(N)C(=O)c1ccc2ccccc2c1. The lowest BCUT2D eigenvalue weighted by atomic mass is 10.1. The smallest absolute Gasteiger partial charge is 0.267 e. The third-order valence-corrected chi connectivity index (χ3v) is 2.32. The van der Waals surface area contributed by atoms with Gasteiger partial charge in [-0.1, -0.05) is 30.3 Å². The number of rotatable bonds is 1. The molecule has 0 aliphatic rings. The van der Waals surface area contributed by atoms with Crippen LogP contribution in [-0.2, 0) is 0 Å². The summed E-state index contributed by atoms with van der Waals surface area (Å²) in [7, 11) is 1.54. The minimum Gasteiger partial charge on any atom is -0.280 e. The number of fused-ring (bicyclic) bond motifs is 1. The number of nitrogens with two attached hydrogens (primary N) is 1. The third-order valence-electron chi connectivity index (χ3n) is 2.32. The van der Waals surface area contributed by atoms with Crippen molar-refractivity contribution in [3.63, 3.8) is 0 Å². The van der Waals surface area contributed by atoms with Gasteiger partial charge in [-0.15, -0.1) is 0 Å². The summed E-state index contributed by atoms with van der Waals surface area (Å²) < 4.78 is 0. The van der Waals surface area contributed by atoms with E-state index in [0.717, 1.165) is 15.8 Å². The molecule has 0 heterocycles. The van der Waals surface area contributed by atoms with Crippen LogP contribution in [0.15, 0.2) is 42.5 Å². The van der Waals surface area contributed by atoms with Crippen molar-refractivity contribution in [1.29, 1.82) is 0 Å². The first-order chi connectivity index (χ1) is 7.18. The van der Waals surface area contributed by atoms with Crippen LogP contribution in [-0.4, -0.2) is 18.0 Å². The molecule has 3 heteroatoms. The summed E-state index contributed by atoms with van der Waals surface area (Å²) in [5.74, 6) is 5.22. The Morgan fingerprint density at radius 3 is 2.47 bits per heavy atom. The number of hydrazine groups is 1. The van der Waals surface area contributed by atoms with Gasteiger partial charge in [0.1, 0.15) is 0 Å². The van der Waals surface area contributed by atoms with Crippen molar-refractivity contribution in [3.05, 3.63) is 48.0 Å². The molecule has 0 saturated heterocycles. The molecule has 76 valence electrons. The van der Waals surface area contributed by atoms with Gasteiger partial charge in [-0.25, -0.2) is 5.84 Å². The van der Waals surface area contributed by atoms with E-state index in [1.165, 1.54) is 7.05 Å². The summed E-state index contributed by atoms with van der Waals surface area (Å²) in [5.41, 5.74) is 0.610. The summed E-state index contributed by atoms with van der Waals surface area (Å²) in [5, 5.41) is 3.25. The first kappa shape index (κ1) is 9.68. The van der Waals surface area contributed by atoms with Crippen LogP contribution in [0.1, 0.15) is 10.4 Å². The number of hydrogen-bond acceptors (Lipinski definition) is 2. The molecule has 0 aromatic heterocycles. The monoisotopic (exact) mass is 200 g/mol. The van der Waals surface area contributed by atoms with E-state index < -0.39 is 0 Å². The van der Waals surface area contributed by atoms with Crippen LogP contribution in [0, 0.1) is 0 Å². The highest BCUT2D eigenvalue weighted by atomic mass is 16.2. The first-order valence-corrected chi connectivity index (χ1v) is 4.70. The lowest BCUT2D eigenvalue weighted by molar-refractivity contribution is 0.0795. The van der Waals surface area contributed by atoms with Crippen LogP contribution in [0.2, 0.25) is 0 Å². The zero-order valence-electron chi connectivity index (χ0n) is 8.47. The first-order valence-electron chi connectivity index (χ1n) is 4.70. The molecule has 0 saturated carbocycles. The zero-order valence-corrected chi connectivity index (χ0v) is 8.47. The Labute approximate surface area is 88.1 Å². The Kier molecular flexibility index (Phi) is 2.39. The fourth-order valence-electron chi connectivity index (χ4n) is 1.53. The molecule has 1 amide bonds. The molecule has 2 aromatic rings. The lowest BCUT2D eigenvalue weighted by Crippen LogP contribution is -2.32. The summed E-state index contributed by atoms with van der Waals surface area (Å²) in [4.78, 5) is 11.6. The van der Waals surface area contributed by atoms with Crippen molar-refractivity contribution < 1.29 is 4.79 Å². The number of benzene rings is 2. The minimum absolute atomic E-state index is 0.180. The third kappa shape index (κ3) is 1.82. The fraction of sp³-hybridized carbons (Fsp3) is 0.0833. The summed E-state index contributed by atoms with van der Waals surface area (Å²) >= 11 is 0. The van der Waals surface area contributed by atoms with Crippen LogP contribution in [0.4, 0.5) is 0 Å². The second kappa shape index (κ2) is 3.71. The van der Waals surface area contributed by atoms with E-state index in [2.05, 4.69) is 0 Å². The Balaban J connectivity index is 2.52. The average molecular weight is 200 g/mol. The topological polar surface area (TPSA) is 46.3 Å². The maximum Gasteiger partial charge on any atom is 0.267 e. The number of amides is 1. The zero-order chi connectivity index (χ0) is 10.8.